The van der Waals surface area contributed by atoms with Gasteiger partial charge in [-0.1, -0.05) is 24.8 Å². The fourth-order valence-electron chi connectivity index (χ4n) is 1.50. The molecule has 0 bridgehead atoms. The van der Waals surface area contributed by atoms with Crippen LogP contribution in [0.15, 0.2) is 41.3 Å². The van der Waals surface area contributed by atoms with E-state index in [2.05, 4.69) is 11.6 Å². The van der Waals surface area contributed by atoms with Crippen molar-refractivity contribution in [2.75, 3.05) is 0 Å². The number of allylic oxidation sites excluding steroid dienone is 1. The Kier molecular flexibility index (Phi) is 2.42. The van der Waals surface area contributed by atoms with Crippen molar-refractivity contribution in [1.29, 1.82) is 0 Å². The summed E-state index contributed by atoms with van der Waals surface area (Å²) in [4.78, 5) is 4.41. The van der Waals surface area contributed by atoms with Crippen LogP contribution in [0.1, 0.15) is 18.4 Å². The predicted octanol–water partition coefficient (Wildman–Crippen LogP) is 3.68. The summed E-state index contributed by atoms with van der Waals surface area (Å²) in [5, 5.41) is 0. The zero-order chi connectivity index (χ0) is 10.8. The maximum Gasteiger partial charge on any atom is 0.226 e. The van der Waals surface area contributed by atoms with Gasteiger partial charge in [0.2, 0.25) is 5.89 Å². The number of hydrogen-bond acceptors (Lipinski definition) is 2. The van der Waals surface area contributed by atoms with Crippen LogP contribution >= 0.6 is 0 Å². The van der Waals surface area contributed by atoms with E-state index in [0.29, 0.717) is 5.89 Å². The standard InChI is InChI=1S/C13H13NO/c1-9(2)12-10(3)15-13(14-12)11-7-5-4-6-8-11/h4-8H,1H2,2-3H3. The number of nitrogens with zero attached hydrogens (tertiary/aromatic N) is 1. The number of hydrogen-bond donors (Lipinski definition) is 0. The molecule has 0 aliphatic carbocycles. The van der Waals surface area contributed by atoms with Crippen molar-refractivity contribution in [1.82, 2.24) is 4.98 Å². The molecule has 2 heteroatoms. The highest BCUT2D eigenvalue weighted by molar-refractivity contribution is 5.63. The van der Waals surface area contributed by atoms with Crippen molar-refractivity contribution in [2.45, 2.75) is 13.8 Å². The van der Waals surface area contributed by atoms with Crippen molar-refractivity contribution < 1.29 is 4.42 Å². The van der Waals surface area contributed by atoms with Crippen LogP contribution in [0.5, 0.6) is 0 Å². The van der Waals surface area contributed by atoms with Crippen molar-refractivity contribution in [3.8, 4) is 11.5 Å². The molecule has 0 saturated carbocycles. The topological polar surface area (TPSA) is 26.0 Å². The Balaban J connectivity index is 2.48. The Morgan fingerprint density at radius 2 is 1.93 bits per heavy atom. The first-order chi connectivity index (χ1) is 7.18. The minimum atomic E-state index is 0.658. The average Bonchev–Trinajstić information content (AvgIpc) is 2.62. The summed E-state index contributed by atoms with van der Waals surface area (Å²) in [6, 6.07) is 9.87. The van der Waals surface area contributed by atoms with Crippen LogP contribution in [0.25, 0.3) is 17.0 Å². The van der Waals surface area contributed by atoms with Crippen LogP contribution in [-0.2, 0) is 0 Å². The predicted molar refractivity (Wildman–Crippen MR) is 61.4 cm³/mol. The van der Waals surface area contributed by atoms with E-state index in [1.807, 2.05) is 44.2 Å². The quantitative estimate of drug-likeness (QED) is 0.737. The van der Waals surface area contributed by atoms with Gasteiger partial charge in [0.05, 0.1) is 0 Å². The average molecular weight is 199 g/mol. The smallest absolute Gasteiger partial charge is 0.226 e. The van der Waals surface area contributed by atoms with E-state index >= 15 is 0 Å². The third-order valence-corrected chi connectivity index (χ3v) is 2.22. The third-order valence-electron chi connectivity index (χ3n) is 2.22. The van der Waals surface area contributed by atoms with E-state index in [4.69, 9.17) is 4.42 Å². The van der Waals surface area contributed by atoms with Crippen molar-refractivity contribution in [2.24, 2.45) is 0 Å². The molecule has 0 aliphatic rings. The van der Waals surface area contributed by atoms with Crippen LogP contribution in [0.2, 0.25) is 0 Å². The largest absolute Gasteiger partial charge is 0.441 e. The molecule has 0 amide bonds. The number of rotatable bonds is 2. The molecule has 0 N–H and O–H groups in total. The molecule has 0 radical (unpaired) electrons. The van der Waals surface area contributed by atoms with Crippen molar-refractivity contribution >= 4 is 5.57 Å². The Bertz CT molecular complexity index is 482. The molecule has 15 heavy (non-hydrogen) atoms. The van der Waals surface area contributed by atoms with Crippen LogP contribution < -0.4 is 0 Å². The van der Waals surface area contributed by atoms with Gasteiger partial charge in [0.1, 0.15) is 11.5 Å². The Hall–Kier alpha value is -1.83. The highest BCUT2D eigenvalue weighted by Gasteiger charge is 2.10. The van der Waals surface area contributed by atoms with E-state index in [-0.39, 0.29) is 0 Å². The molecular weight excluding hydrogens is 186 g/mol. The van der Waals surface area contributed by atoms with Crippen LogP contribution in [0.4, 0.5) is 0 Å². The fraction of sp³-hybridized carbons (Fsp3) is 0.154. The number of aromatic nitrogens is 1. The number of benzene rings is 1. The maximum absolute atomic E-state index is 5.59. The van der Waals surface area contributed by atoms with E-state index in [0.717, 1.165) is 22.6 Å². The summed E-state index contributed by atoms with van der Waals surface area (Å²) in [6.07, 6.45) is 0. The number of oxazole rings is 1. The van der Waals surface area contributed by atoms with Crippen LogP contribution in [0, 0.1) is 6.92 Å². The van der Waals surface area contributed by atoms with Gasteiger partial charge in [-0.25, -0.2) is 4.98 Å². The number of aryl methyl sites for hydroxylation is 1. The minimum absolute atomic E-state index is 0.658. The second-order valence-corrected chi connectivity index (χ2v) is 3.57. The second-order valence-electron chi connectivity index (χ2n) is 3.57. The van der Waals surface area contributed by atoms with Crippen molar-refractivity contribution in [3.63, 3.8) is 0 Å². The first kappa shape index (κ1) is 9.71. The van der Waals surface area contributed by atoms with Gasteiger partial charge in [0, 0.05) is 5.56 Å². The Morgan fingerprint density at radius 3 is 2.47 bits per heavy atom. The van der Waals surface area contributed by atoms with Gasteiger partial charge in [0.25, 0.3) is 0 Å². The molecular formula is C13H13NO. The molecule has 1 heterocycles. The van der Waals surface area contributed by atoms with Gasteiger partial charge in [-0.2, -0.15) is 0 Å². The molecule has 0 unspecified atom stereocenters. The van der Waals surface area contributed by atoms with Crippen molar-refractivity contribution in [3.05, 3.63) is 48.4 Å². The van der Waals surface area contributed by atoms with Gasteiger partial charge >= 0.3 is 0 Å². The lowest BCUT2D eigenvalue weighted by molar-refractivity contribution is 0.542. The highest BCUT2D eigenvalue weighted by atomic mass is 16.4. The lowest BCUT2D eigenvalue weighted by atomic mass is 10.2. The molecule has 0 fully saturated rings. The molecule has 0 saturated heterocycles. The molecule has 1 aromatic carbocycles. The summed E-state index contributed by atoms with van der Waals surface area (Å²) in [7, 11) is 0. The molecule has 0 aliphatic heterocycles. The lowest BCUT2D eigenvalue weighted by Crippen LogP contribution is -1.81. The summed E-state index contributed by atoms with van der Waals surface area (Å²) in [5.41, 5.74) is 2.78. The second kappa shape index (κ2) is 3.73. The van der Waals surface area contributed by atoms with Crippen LogP contribution in [-0.4, -0.2) is 4.98 Å². The van der Waals surface area contributed by atoms with E-state index in [9.17, 15) is 0 Å². The van der Waals surface area contributed by atoms with E-state index in [1.165, 1.54) is 0 Å². The normalized spacial score (nSPS) is 10.3. The lowest BCUT2D eigenvalue weighted by Gasteiger charge is -1.92. The molecule has 0 atom stereocenters. The summed E-state index contributed by atoms with van der Waals surface area (Å²) in [5.74, 6) is 1.48. The molecule has 2 aromatic rings. The summed E-state index contributed by atoms with van der Waals surface area (Å²) in [6.45, 7) is 7.71. The monoisotopic (exact) mass is 199 g/mol. The zero-order valence-electron chi connectivity index (χ0n) is 8.95. The Morgan fingerprint density at radius 1 is 1.27 bits per heavy atom. The van der Waals surface area contributed by atoms with Crippen LogP contribution in [0.3, 0.4) is 0 Å². The molecule has 0 spiro atoms. The van der Waals surface area contributed by atoms with E-state index < -0.39 is 0 Å². The zero-order valence-corrected chi connectivity index (χ0v) is 8.95. The summed E-state index contributed by atoms with van der Waals surface area (Å²) >= 11 is 0. The minimum Gasteiger partial charge on any atom is -0.441 e. The molecule has 2 rings (SSSR count). The molecule has 1 aromatic heterocycles. The van der Waals surface area contributed by atoms with E-state index in [1.54, 1.807) is 0 Å². The van der Waals surface area contributed by atoms with Gasteiger partial charge in [-0.3, -0.25) is 0 Å². The highest BCUT2D eigenvalue weighted by Crippen LogP contribution is 2.24. The fourth-order valence-corrected chi connectivity index (χ4v) is 1.50. The van der Waals surface area contributed by atoms with Gasteiger partial charge < -0.3 is 4.42 Å². The summed E-state index contributed by atoms with van der Waals surface area (Å²) < 4.78 is 5.59. The maximum atomic E-state index is 5.59. The van der Waals surface area contributed by atoms with Gasteiger partial charge in [-0.15, -0.1) is 0 Å². The molecule has 76 valence electrons. The Labute approximate surface area is 89.3 Å². The third kappa shape index (κ3) is 1.84. The van der Waals surface area contributed by atoms with Gasteiger partial charge in [-0.05, 0) is 31.6 Å². The first-order valence-electron chi connectivity index (χ1n) is 4.87. The molecule has 2 nitrogen and oxygen atoms in total. The SMILES string of the molecule is C=C(C)c1nc(-c2ccccc2)oc1C. The van der Waals surface area contributed by atoms with Gasteiger partial charge in [0.15, 0.2) is 0 Å². The first-order valence-corrected chi connectivity index (χ1v) is 4.87.